The average Bonchev–Trinajstić information content (AvgIpc) is 2.98. The molecule has 0 unspecified atom stereocenters. The van der Waals surface area contributed by atoms with Gasteiger partial charge in [0.1, 0.15) is 5.52 Å². The molecule has 0 bridgehead atoms. The third-order valence-electron chi connectivity index (χ3n) is 4.99. The van der Waals surface area contributed by atoms with Crippen LogP contribution in [0.25, 0.3) is 32.6 Å². The quantitative estimate of drug-likeness (QED) is 0.431. The number of rotatable bonds is 1. The normalized spacial score (nSPS) is 12.3. The molecule has 24 heavy (non-hydrogen) atoms. The Kier molecular flexibility index (Phi) is 2.55. The molecule has 0 fully saturated rings. The first-order chi connectivity index (χ1) is 11.7. The third-order valence-corrected chi connectivity index (χ3v) is 4.99. The van der Waals surface area contributed by atoms with E-state index in [2.05, 4.69) is 38.1 Å². The van der Waals surface area contributed by atoms with Crippen LogP contribution < -0.4 is 10.1 Å². The molecule has 3 heteroatoms. The van der Waals surface area contributed by atoms with Crippen LogP contribution in [0.5, 0.6) is 0 Å². The lowest BCUT2D eigenvalue weighted by atomic mass is 9.94. The molecule has 0 amide bonds. The summed E-state index contributed by atoms with van der Waals surface area (Å²) in [7, 11) is 0. The fraction of sp³-hybridized carbons (Fsp3) is 0.143. The average molecular weight is 313 g/mol. The molecule has 0 atom stereocenters. The Hall–Kier alpha value is -2.94. The Morgan fingerprint density at radius 2 is 1.75 bits per heavy atom. The Bertz CT molecular complexity index is 1300. The van der Waals surface area contributed by atoms with Crippen molar-refractivity contribution in [2.75, 3.05) is 0 Å². The van der Waals surface area contributed by atoms with Crippen molar-refractivity contribution in [3.8, 4) is 0 Å². The van der Waals surface area contributed by atoms with Gasteiger partial charge in [0.05, 0.1) is 16.2 Å². The van der Waals surface area contributed by atoms with Gasteiger partial charge in [-0.1, -0.05) is 53.2 Å². The lowest BCUT2D eigenvalue weighted by Gasteiger charge is -2.11. The standard InChI is InChI=1S/C21H17N2O/c1-13(2)15-10-11-17-20-16(15)7-5-9-19(20)22-12-14-6-3-4-8-18(14)23(22)21(17)24/h3-13H,1-2H3/q+1. The first-order valence-corrected chi connectivity index (χ1v) is 8.30. The van der Waals surface area contributed by atoms with Crippen molar-refractivity contribution < 1.29 is 4.52 Å². The first kappa shape index (κ1) is 13.5. The van der Waals surface area contributed by atoms with Gasteiger partial charge in [0.25, 0.3) is 0 Å². The van der Waals surface area contributed by atoms with Gasteiger partial charge in [-0.3, -0.25) is 4.79 Å². The van der Waals surface area contributed by atoms with E-state index in [9.17, 15) is 4.79 Å². The van der Waals surface area contributed by atoms with Crippen molar-refractivity contribution in [2.24, 2.45) is 0 Å². The number of hydrogen-bond donors (Lipinski definition) is 0. The number of aromatic nitrogens is 2. The summed E-state index contributed by atoms with van der Waals surface area (Å²) in [5.74, 6) is 0.419. The molecular weight excluding hydrogens is 296 g/mol. The van der Waals surface area contributed by atoms with Gasteiger partial charge < -0.3 is 0 Å². The molecule has 5 rings (SSSR count). The number of benzene rings is 3. The highest BCUT2D eigenvalue weighted by Crippen LogP contribution is 2.30. The maximum absolute atomic E-state index is 13.2. The Labute approximate surface area is 138 Å². The highest BCUT2D eigenvalue weighted by atomic mass is 16.1. The monoisotopic (exact) mass is 313 g/mol. The molecule has 0 N–H and O–H groups in total. The molecule has 3 aromatic carbocycles. The van der Waals surface area contributed by atoms with Gasteiger partial charge in [0.2, 0.25) is 11.7 Å². The van der Waals surface area contributed by atoms with E-state index in [4.69, 9.17) is 0 Å². The summed E-state index contributed by atoms with van der Waals surface area (Å²) >= 11 is 0. The third kappa shape index (κ3) is 1.56. The van der Waals surface area contributed by atoms with Crippen molar-refractivity contribution >= 4 is 32.6 Å². The van der Waals surface area contributed by atoms with E-state index in [-0.39, 0.29) is 5.56 Å². The van der Waals surface area contributed by atoms with Crippen molar-refractivity contribution in [1.29, 1.82) is 0 Å². The van der Waals surface area contributed by atoms with Crippen LogP contribution >= 0.6 is 0 Å². The van der Waals surface area contributed by atoms with Crippen LogP contribution in [0.15, 0.2) is 65.6 Å². The van der Waals surface area contributed by atoms with E-state index in [1.807, 2.05) is 41.0 Å². The van der Waals surface area contributed by atoms with E-state index < -0.39 is 0 Å². The first-order valence-electron chi connectivity index (χ1n) is 8.30. The molecule has 0 spiro atoms. The highest BCUT2D eigenvalue weighted by molar-refractivity contribution is 6.08. The summed E-state index contributed by atoms with van der Waals surface area (Å²) in [6, 6.07) is 18.4. The van der Waals surface area contributed by atoms with Gasteiger partial charge in [0.15, 0.2) is 0 Å². The minimum atomic E-state index is 0.0372. The maximum Gasteiger partial charge on any atom is 0.315 e. The predicted molar refractivity (Wildman–Crippen MR) is 97.1 cm³/mol. The van der Waals surface area contributed by atoms with Gasteiger partial charge in [-0.25, -0.2) is 0 Å². The van der Waals surface area contributed by atoms with Crippen LogP contribution in [-0.4, -0.2) is 4.52 Å². The lowest BCUT2D eigenvalue weighted by molar-refractivity contribution is -0.589. The smallest absolute Gasteiger partial charge is 0.263 e. The van der Waals surface area contributed by atoms with Crippen LogP contribution in [0.2, 0.25) is 0 Å². The minimum absolute atomic E-state index is 0.0372. The van der Waals surface area contributed by atoms with E-state index in [1.54, 1.807) is 4.52 Å². The number of nitrogens with zero attached hydrogens (tertiary/aromatic N) is 2. The van der Waals surface area contributed by atoms with Crippen LogP contribution in [0.1, 0.15) is 25.3 Å². The molecule has 2 aromatic heterocycles. The molecule has 0 saturated heterocycles. The molecule has 2 heterocycles. The SMILES string of the molecule is CC(C)c1ccc2c(=O)n3c4ccccc4c[n+]3c3cccc1c23. The molecule has 0 aliphatic rings. The van der Waals surface area contributed by atoms with Gasteiger partial charge in [-0.05, 0) is 35.1 Å². The minimum Gasteiger partial charge on any atom is -0.263 e. The van der Waals surface area contributed by atoms with Crippen LogP contribution in [0.4, 0.5) is 0 Å². The Balaban J connectivity index is 2.15. The summed E-state index contributed by atoms with van der Waals surface area (Å²) in [5.41, 5.74) is 3.34. The summed E-state index contributed by atoms with van der Waals surface area (Å²) in [5, 5.41) is 4.09. The van der Waals surface area contributed by atoms with E-state index >= 15 is 0 Å². The molecular formula is C21H17N2O+. The van der Waals surface area contributed by atoms with Gasteiger partial charge in [-0.15, -0.1) is 0 Å². The highest BCUT2D eigenvalue weighted by Gasteiger charge is 2.22. The number of para-hydroxylation sites is 1. The van der Waals surface area contributed by atoms with Gasteiger partial charge in [-0.2, -0.15) is 0 Å². The molecule has 0 aliphatic carbocycles. The molecule has 116 valence electrons. The zero-order valence-corrected chi connectivity index (χ0v) is 13.7. The van der Waals surface area contributed by atoms with Gasteiger partial charge in [0, 0.05) is 6.07 Å². The van der Waals surface area contributed by atoms with Crippen molar-refractivity contribution in [2.45, 2.75) is 19.8 Å². The molecule has 5 aromatic rings. The second kappa shape index (κ2) is 4.54. The molecule has 3 nitrogen and oxygen atoms in total. The Morgan fingerprint density at radius 3 is 2.58 bits per heavy atom. The zero-order chi connectivity index (χ0) is 16.4. The van der Waals surface area contributed by atoms with E-state index in [1.165, 1.54) is 10.9 Å². The number of fused-ring (bicyclic) bond motifs is 4. The summed E-state index contributed by atoms with van der Waals surface area (Å²) in [4.78, 5) is 13.2. The summed E-state index contributed by atoms with van der Waals surface area (Å²) < 4.78 is 3.77. The van der Waals surface area contributed by atoms with Crippen LogP contribution in [-0.2, 0) is 0 Å². The fourth-order valence-corrected chi connectivity index (χ4v) is 3.88. The van der Waals surface area contributed by atoms with Crippen molar-refractivity contribution in [1.82, 2.24) is 4.52 Å². The molecule has 0 saturated carbocycles. The number of hydrogen-bond acceptors (Lipinski definition) is 1. The van der Waals surface area contributed by atoms with Crippen molar-refractivity contribution in [3.63, 3.8) is 0 Å². The van der Waals surface area contributed by atoms with Gasteiger partial charge >= 0.3 is 5.56 Å². The predicted octanol–water partition coefficient (Wildman–Crippen LogP) is 3.91. The Morgan fingerprint density at radius 1 is 0.917 bits per heavy atom. The van der Waals surface area contributed by atoms with Crippen LogP contribution in [0.3, 0.4) is 0 Å². The lowest BCUT2D eigenvalue weighted by Crippen LogP contribution is -2.37. The maximum atomic E-state index is 13.2. The van der Waals surface area contributed by atoms with Crippen LogP contribution in [0, 0.1) is 0 Å². The fourth-order valence-electron chi connectivity index (χ4n) is 3.88. The molecule has 0 radical (unpaired) electrons. The zero-order valence-electron chi connectivity index (χ0n) is 13.7. The van der Waals surface area contributed by atoms with Crippen molar-refractivity contribution in [3.05, 3.63) is 76.7 Å². The largest absolute Gasteiger partial charge is 0.315 e. The second-order valence-corrected chi connectivity index (χ2v) is 6.71. The second-order valence-electron chi connectivity index (χ2n) is 6.71. The molecule has 0 aliphatic heterocycles. The van der Waals surface area contributed by atoms with E-state index in [0.29, 0.717) is 5.92 Å². The topological polar surface area (TPSA) is 25.6 Å². The summed E-state index contributed by atoms with van der Waals surface area (Å²) in [6.07, 6.45) is 2.05. The summed E-state index contributed by atoms with van der Waals surface area (Å²) in [6.45, 7) is 4.39. The van der Waals surface area contributed by atoms with E-state index in [0.717, 1.165) is 27.2 Å².